The zero-order valence-electron chi connectivity index (χ0n) is 9.56. The van der Waals surface area contributed by atoms with Crippen molar-refractivity contribution in [3.05, 3.63) is 35.9 Å². The van der Waals surface area contributed by atoms with Crippen molar-refractivity contribution in [3.63, 3.8) is 0 Å². The first-order chi connectivity index (χ1) is 8.02. The third-order valence-electron chi connectivity index (χ3n) is 2.04. The average Bonchev–Trinajstić information content (AvgIpc) is 2.26. The summed E-state index contributed by atoms with van der Waals surface area (Å²) < 4.78 is 5.08. The summed E-state index contributed by atoms with van der Waals surface area (Å²) in [6.07, 6.45) is 1.74. The molecule has 90 valence electrons. The predicted molar refractivity (Wildman–Crippen MR) is 63.1 cm³/mol. The smallest absolute Gasteiger partial charge is 0.328 e. The highest BCUT2D eigenvalue weighted by Crippen LogP contribution is 2.21. The van der Waals surface area contributed by atoms with E-state index in [4.69, 9.17) is 9.84 Å². The number of carbonyl (C=O) groups is 2. The lowest BCUT2D eigenvalue weighted by Crippen LogP contribution is -2.08. The van der Waals surface area contributed by atoms with Crippen LogP contribution in [0.5, 0.6) is 5.75 Å². The minimum atomic E-state index is -1.16. The summed E-state index contributed by atoms with van der Waals surface area (Å²) in [5.41, 5.74) is 1.47. The number of ether oxygens (including phenoxy) is 1. The van der Waals surface area contributed by atoms with Crippen LogP contribution in [0.4, 0.5) is 5.69 Å². The lowest BCUT2D eigenvalue weighted by molar-refractivity contribution is -0.131. The number of amides is 1. The van der Waals surface area contributed by atoms with E-state index < -0.39 is 11.9 Å². The van der Waals surface area contributed by atoms with Gasteiger partial charge in [0.25, 0.3) is 0 Å². The summed E-state index contributed by atoms with van der Waals surface area (Å²) in [6.45, 7) is 1.85. The molecular formula is C12H13NO4. The number of carboxylic acids is 1. The minimum absolute atomic E-state index is 0.489. The van der Waals surface area contributed by atoms with Crippen LogP contribution in [0.2, 0.25) is 0 Å². The number of hydrogen-bond donors (Lipinski definition) is 2. The van der Waals surface area contributed by atoms with E-state index in [9.17, 15) is 9.59 Å². The molecule has 0 heterocycles. The Morgan fingerprint density at radius 1 is 1.35 bits per heavy atom. The molecule has 0 aliphatic carbocycles. The van der Waals surface area contributed by atoms with Crippen molar-refractivity contribution in [1.29, 1.82) is 0 Å². The van der Waals surface area contributed by atoms with Gasteiger partial charge in [-0.25, -0.2) is 4.79 Å². The van der Waals surface area contributed by atoms with Crippen molar-refractivity contribution in [2.75, 3.05) is 12.4 Å². The van der Waals surface area contributed by atoms with Crippen LogP contribution in [0.15, 0.2) is 30.4 Å². The van der Waals surface area contributed by atoms with Crippen LogP contribution in [0.3, 0.4) is 0 Å². The molecule has 17 heavy (non-hydrogen) atoms. The highest BCUT2D eigenvalue weighted by Gasteiger charge is 2.02. The van der Waals surface area contributed by atoms with Gasteiger partial charge in [0.2, 0.25) is 5.91 Å². The summed E-state index contributed by atoms with van der Waals surface area (Å²) in [7, 11) is 1.57. The number of hydrogen-bond acceptors (Lipinski definition) is 3. The number of carbonyl (C=O) groups excluding carboxylic acids is 1. The van der Waals surface area contributed by atoms with Crippen molar-refractivity contribution >= 4 is 17.6 Å². The number of aliphatic carboxylic acids is 1. The van der Waals surface area contributed by atoms with E-state index in [-0.39, 0.29) is 0 Å². The van der Waals surface area contributed by atoms with Crippen molar-refractivity contribution in [2.24, 2.45) is 0 Å². The number of aryl methyl sites for hydroxylation is 1. The van der Waals surface area contributed by atoms with E-state index >= 15 is 0 Å². The Kier molecular flexibility index (Phi) is 4.28. The maximum atomic E-state index is 11.3. The molecule has 0 saturated carbocycles. The van der Waals surface area contributed by atoms with Crippen molar-refractivity contribution in [1.82, 2.24) is 0 Å². The van der Waals surface area contributed by atoms with Gasteiger partial charge in [0.05, 0.1) is 7.11 Å². The molecule has 0 unspecified atom stereocenters. The van der Waals surface area contributed by atoms with E-state index in [1.807, 2.05) is 6.92 Å². The highest BCUT2D eigenvalue weighted by molar-refractivity contribution is 6.02. The lowest BCUT2D eigenvalue weighted by Gasteiger charge is -2.07. The van der Waals surface area contributed by atoms with Crippen LogP contribution in [0, 0.1) is 6.92 Å². The van der Waals surface area contributed by atoms with Crippen LogP contribution in [-0.4, -0.2) is 24.1 Å². The van der Waals surface area contributed by atoms with Gasteiger partial charge in [0.1, 0.15) is 5.75 Å². The van der Waals surface area contributed by atoms with E-state index in [2.05, 4.69) is 5.32 Å². The maximum absolute atomic E-state index is 11.3. The maximum Gasteiger partial charge on any atom is 0.328 e. The third-order valence-corrected chi connectivity index (χ3v) is 2.04. The Labute approximate surface area is 98.7 Å². The Morgan fingerprint density at radius 2 is 2.06 bits per heavy atom. The fraction of sp³-hybridized carbons (Fsp3) is 0.167. The first kappa shape index (κ1) is 12.8. The molecule has 1 aromatic rings. The van der Waals surface area contributed by atoms with E-state index in [0.29, 0.717) is 5.69 Å². The van der Waals surface area contributed by atoms with Crippen molar-refractivity contribution < 1.29 is 19.4 Å². The quantitative estimate of drug-likeness (QED) is 0.777. The number of nitrogens with one attached hydrogen (secondary N) is 1. The standard InChI is InChI=1S/C12H13NO4/c1-8-7-9(3-4-10(8)17-2)13-11(14)5-6-12(15)16/h3-7H,1-2H3,(H,13,14)(H,15,16). The fourth-order valence-corrected chi connectivity index (χ4v) is 1.29. The van der Waals surface area contributed by atoms with Crippen LogP contribution in [-0.2, 0) is 9.59 Å². The second-order valence-corrected chi connectivity index (χ2v) is 3.35. The van der Waals surface area contributed by atoms with Crippen LogP contribution >= 0.6 is 0 Å². The van der Waals surface area contributed by atoms with Gasteiger partial charge >= 0.3 is 5.97 Å². The molecule has 0 atom stereocenters. The molecule has 2 N–H and O–H groups in total. The van der Waals surface area contributed by atoms with Crippen LogP contribution in [0.1, 0.15) is 5.56 Å². The molecule has 1 rings (SSSR count). The molecule has 0 bridgehead atoms. The van der Waals surface area contributed by atoms with Gasteiger partial charge in [-0.3, -0.25) is 4.79 Å². The van der Waals surface area contributed by atoms with Crippen LogP contribution < -0.4 is 10.1 Å². The van der Waals surface area contributed by atoms with Gasteiger partial charge in [-0.2, -0.15) is 0 Å². The Balaban J connectivity index is 2.72. The van der Waals surface area contributed by atoms with Crippen molar-refractivity contribution in [2.45, 2.75) is 6.92 Å². The Hall–Kier alpha value is -2.30. The zero-order valence-corrected chi connectivity index (χ0v) is 9.56. The number of carboxylic acid groups (broad SMARTS) is 1. The molecule has 0 fully saturated rings. The molecule has 1 aromatic carbocycles. The monoisotopic (exact) mass is 235 g/mol. The van der Waals surface area contributed by atoms with Gasteiger partial charge in [0, 0.05) is 17.8 Å². The molecule has 5 nitrogen and oxygen atoms in total. The van der Waals surface area contributed by atoms with Crippen LogP contribution in [0.25, 0.3) is 0 Å². The second kappa shape index (κ2) is 5.69. The highest BCUT2D eigenvalue weighted by atomic mass is 16.5. The molecular weight excluding hydrogens is 222 g/mol. The van der Waals surface area contributed by atoms with E-state index in [1.54, 1.807) is 25.3 Å². The molecule has 0 saturated heterocycles. The van der Waals surface area contributed by atoms with E-state index in [1.165, 1.54) is 0 Å². The SMILES string of the molecule is COc1ccc(NC(=O)C=CC(=O)O)cc1C. The summed E-state index contributed by atoms with van der Waals surface area (Å²) in [5.74, 6) is -0.924. The molecule has 0 radical (unpaired) electrons. The molecule has 0 aliphatic rings. The van der Waals surface area contributed by atoms with Gasteiger partial charge in [-0.05, 0) is 30.7 Å². The first-order valence-corrected chi connectivity index (χ1v) is 4.89. The van der Waals surface area contributed by atoms with Gasteiger partial charge in [-0.1, -0.05) is 0 Å². The largest absolute Gasteiger partial charge is 0.496 e. The average molecular weight is 235 g/mol. The number of anilines is 1. The second-order valence-electron chi connectivity index (χ2n) is 3.35. The van der Waals surface area contributed by atoms with Gasteiger partial charge in [0.15, 0.2) is 0 Å². The number of rotatable bonds is 4. The normalized spacial score (nSPS) is 10.2. The summed E-state index contributed by atoms with van der Waals surface area (Å²) >= 11 is 0. The number of benzene rings is 1. The summed E-state index contributed by atoms with van der Waals surface area (Å²) in [4.78, 5) is 21.5. The molecule has 5 heteroatoms. The molecule has 0 aromatic heterocycles. The van der Waals surface area contributed by atoms with E-state index in [0.717, 1.165) is 23.5 Å². The number of methoxy groups -OCH3 is 1. The summed E-state index contributed by atoms with van der Waals surface area (Å²) in [6, 6.07) is 5.15. The molecule has 0 spiro atoms. The Morgan fingerprint density at radius 3 is 2.59 bits per heavy atom. The fourth-order valence-electron chi connectivity index (χ4n) is 1.29. The topological polar surface area (TPSA) is 75.6 Å². The van der Waals surface area contributed by atoms with Gasteiger partial charge < -0.3 is 15.2 Å². The summed E-state index contributed by atoms with van der Waals surface area (Å²) in [5, 5.41) is 10.9. The predicted octanol–water partition coefficient (Wildman–Crippen LogP) is 1.58. The van der Waals surface area contributed by atoms with Crippen molar-refractivity contribution in [3.8, 4) is 5.75 Å². The lowest BCUT2D eigenvalue weighted by atomic mass is 10.2. The Bertz CT molecular complexity index is 466. The minimum Gasteiger partial charge on any atom is -0.496 e. The first-order valence-electron chi connectivity index (χ1n) is 4.89. The third kappa shape index (κ3) is 3.98. The molecule has 0 aliphatic heterocycles. The zero-order chi connectivity index (χ0) is 12.8. The molecule has 1 amide bonds. The van der Waals surface area contributed by atoms with Gasteiger partial charge in [-0.15, -0.1) is 0 Å².